The number of carbonyl (C=O) groups excluding carboxylic acids is 1. The number of anilines is 2. The minimum Gasteiger partial charge on any atom is -0.397 e. The summed E-state index contributed by atoms with van der Waals surface area (Å²) in [6, 6.07) is 14.6. The summed E-state index contributed by atoms with van der Waals surface area (Å²) in [5.74, 6) is -1.53. The van der Waals surface area contributed by atoms with Crippen LogP contribution in [-0.2, 0) is 19.7 Å². The standard InChI is InChI=1S/C16H14F3N3O4S.C11H9FN2O2S/c17-16(18,19)15(24)8-22(9-15)14(23)13-12(20)6-11(7-21-13)27(25,26)10-4-2-1-3-5-10;12-8-2-1-3-10(4-8)17(15,16)11-5-9(13)6-14-7-11/h1-7,24H,8-9,20H2;1-7H,13H2. The van der Waals surface area contributed by atoms with Crippen LogP contribution in [0.3, 0.4) is 0 Å². The number of rotatable bonds is 5. The first-order valence-electron chi connectivity index (χ1n) is 12.3. The summed E-state index contributed by atoms with van der Waals surface area (Å²) in [6.45, 7) is -1.89. The Morgan fingerprint density at radius 2 is 1.41 bits per heavy atom. The lowest BCUT2D eigenvalue weighted by Crippen LogP contribution is -2.70. The van der Waals surface area contributed by atoms with Crippen molar-refractivity contribution in [3.05, 3.63) is 96.8 Å². The number of aromatic nitrogens is 2. The predicted molar refractivity (Wildman–Crippen MR) is 148 cm³/mol. The van der Waals surface area contributed by atoms with Gasteiger partial charge in [0, 0.05) is 18.6 Å². The molecule has 17 heteroatoms. The summed E-state index contributed by atoms with van der Waals surface area (Å²) in [5, 5.41) is 9.41. The van der Waals surface area contributed by atoms with Crippen molar-refractivity contribution < 1.29 is 44.3 Å². The van der Waals surface area contributed by atoms with Gasteiger partial charge in [0.1, 0.15) is 5.82 Å². The van der Waals surface area contributed by atoms with Crippen LogP contribution < -0.4 is 11.5 Å². The molecule has 4 aromatic rings. The first-order valence-corrected chi connectivity index (χ1v) is 15.3. The SMILES string of the molecule is Nc1cc(S(=O)(=O)c2ccccc2)cnc1C(=O)N1CC(O)(C(F)(F)F)C1.Nc1cncc(S(=O)(=O)c2cccc(F)c2)c1. The number of aliphatic hydroxyl groups is 1. The molecule has 2 aromatic carbocycles. The maximum Gasteiger partial charge on any atom is 0.420 e. The normalized spacial score (nSPS) is 14.6. The molecule has 2 aromatic heterocycles. The van der Waals surface area contributed by atoms with Crippen LogP contribution in [0.4, 0.5) is 28.9 Å². The van der Waals surface area contributed by atoms with Crippen molar-refractivity contribution in [2.75, 3.05) is 24.6 Å². The summed E-state index contributed by atoms with van der Waals surface area (Å²) in [5.41, 5.74) is 7.77. The molecular weight excluding hydrogens is 630 g/mol. The number of halogens is 4. The minimum absolute atomic E-state index is 0.00302. The van der Waals surface area contributed by atoms with Crippen LogP contribution in [0, 0.1) is 5.82 Å². The molecule has 1 amide bonds. The molecule has 1 aliphatic rings. The molecule has 5 N–H and O–H groups in total. The summed E-state index contributed by atoms with van der Waals surface area (Å²) in [6.07, 6.45) is -1.43. The van der Waals surface area contributed by atoms with Crippen LogP contribution in [0.2, 0.25) is 0 Å². The molecule has 0 bridgehead atoms. The zero-order valence-corrected chi connectivity index (χ0v) is 23.9. The van der Waals surface area contributed by atoms with E-state index in [1.54, 1.807) is 6.07 Å². The summed E-state index contributed by atoms with van der Waals surface area (Å²) in [7, 11) is -7.68. The highest BCUT2D eigenvalue weighted by Crippen LogP contribution is 2.38. The predicted octanol–water partition coefficient (Wildman–Crippen LogP) is 2.88. The molecule has 0 saturated carbocycles. The number of amides is 1. The Morgan fingerprint density at radius 1 is 0.818 bits per heavy atom. The molecule has 0 spiro atoms. The van der Waals surface area contributed by atoms with Gasteiger partial charge in [0.25, 0.3) is 5.91 Å². The Labute approximate surface area is 248 Å². The fraction of sp³-hybridized carbons (Fsp3) is 0.148. The lowest BCUT2D eigenvalue weighted by atomic mass is 9.93. The number of benzene rings is 2. The highest BCUT2D eigenvalue weighted by Gasteiger charge is 2.62. The Kier molecular flexibility index (Phi) is 8.68. The van der Waals surface area contributed by atoms with E-state index in [2.05, 4.69) is 9.97 Å². The van der Waals surface area contributed by atoms with E-state index in [1.807, 2.05) is 0 Å². The summed E-state index contributed by atoms with van der Waals surface area (Å²) >= 11 is 0. The molecule has 0 aliphatic carbocycles. The third-order valence-electron chi connectivity index (χ3n) is 6.33. The van der Waals surface area contributed by atoms with Gasteiger partial charge in [-0.2, -0.15) is 13.2 Å². The Bertz CT molecular complexity index is 1870. The number of likely N-dealkylation sites (tertiary alicyclic amines) is 1. The number of nitrogen functional groups attached to an aromatic ring is 2. The topological polar surface area (TPSA) is 187 Å². The van der Waals surface area contributed by atoms with Gasteiger partial charge >= 0.3 is 6.18 Å². The molecule has 1 fully saturated rings. The van der Waals surface area contributed by atoms with Crippen LogP contribution in [0.1, 0.15) is 10.5 Å². The molecule has 0 atom stereocenters. The van der Waals surface area contributed by atoms with E-state index in [4.69, 9.17) is 11.5 Å². The number of alkyl halides is 3. The quantitative estimate of drug-likeness (QED) is 0.271. The first kappa shape index (κ1) is 32.3. The smallest absolute Gasteiger partial charge is 0.397 e. The van der Waals surface area contributed by atoms with Gasteiger partial charge in [-0.05, 0) is 42.5 Å². The van der Waals surface area contributed by atoms with E-state index in [1.165, 1.54) is 60.9 Å². The monoisotopic (exact) mass is 653 g/mol. The van der Waals surface area contributed by atoms with Crippen LogP contribution in [0.25, 0.3) is 0 Å². The van der Waals surface area contributed by atoms with Crippen LogP contribution >= 0.6 is 0 Å². The van der Waals surface area contributed by atoms with Crippen molar-refractivity contribution in [1.82, 2.24) is 14.9 Å². The number of pyridine rings is 2. The van der Waals surface area contributed by atoms with Crippen molar-refractivity contribution in [1.29, 1.82) is 0 Å². The Balaban J connectivity index is 0.000000223. The number of β-amino-alcohol motifs (C(OH)–C–C–N with tert-alkyl or cyclic N) is 1. The van der Waals surface area contributed by atoms with Gasteiger partial charge in [-0.1, -0.05) is 24.3 Å². The van der Waals surface area contributed by atoms with Gasteiger partial charge in [-0.15, -0.1) is 0 Å². The number of nitrogens with two attached hydrogens (primary N) is 2. The molecule has 11 nitrogen and oxygen atoms in total. The van der Waals surface area contributed by atoms with Crippen molar-refractivity contribution in [3.8, 4) is 0 Å². The second-order valence-electron chi connectivity index (χ2n) is 9.53. The molecule has 5 rings (SSSR count). The second kappa shape index (κ2) is 11.8. The summed E-state index contributed by atoms with van der Waals surface area (Å²) in [4.78, 5) is 20.0. The fourth-order valence-corrected chi connectivity index (χ4v) is 6.48. The maximum atomic E-state index is 13.0. The molecule has 232 valence electrons. The van der Waals surface area contributed by atoms with Gasteiger partial charge in [-0.25, -0.2) is 26.2 Å². The first-order chi connectivity index (χ1) is 20.5. The van der Waals surface area contributed by atoms with Crippen molar-refractivity contribution in [3.63, 3.8) is 0 Å². The number of hydrogen-bond acceptors (Lipinski definition) is 10. The largest absolute Gasteiger partial charge is 0.420 e. The average molecular weight is 654 g/mol. The van der Waals surface area contributed by atoms with Gasteiger partial charge in [-0.3, -0.25) is 9.78 Å². The lowest BCUT2D eigenvalue weighted by molar-refractivity contribution is -0.294. The molecule has 0 radical (unpaired) electrons. The van der Waals surface area contributed by atoms with E-state index in [0.29, 0.717) is 0 Å². The van der Waals surface area contributed by atoms with Gasteiger partial charge in [0.05, 0.1) is 44.0 Å². The second-order valence-corrected chi connectivity index (χ2v) is 13.4. The molecule has 1 saturated heterocycles. The number of sulfone groups is 2. The van der Waals surface area contributed by atoms with E-state index < -0.39 is 56.3 Å². The van der Waals surface area contributed by atoms with Crippen LogP contribution in [0.5, 0.6) is 0 Å². The molecule has 1 aliphatic heterocycles. The van der Waals surface area contributed by atoms with Gasteiger partial charge in [0.2, 0.25) is 19.7 Å². The maximum absolute atomic E-state index is 13.0. The Morgan fingerprint density at radius 3 is 1.98 bits per heavy atom. The number of hydrogen-bond donors (Lipinski definition) is 3. The average Bonchev–Trinajstić information content (AvgIpc) is 2.95. The van der Waals surface area contributed by atoms with Crippen molar-refractivity contribution in [2.24, 2.45) is 0 Å². The van der Waals surface area contributed by atoms with Crippen molar-refractivity contribution in [2.45, 2.75) is 31.4 Å². The number of nitrogens with zero attached hydrogens (tertiary/aromatic N) is 3. The van der Waals surface area contributed by atoms with Gasteiger partial charge < -0.3 is 21.5 Å². The third kappa shape index (κ3) is 6.48. The van der Waals surface area contributed by atoms with Crippen molar-refractivity contribution >= 4 is 37.0 Å². The van der Waals surface area contributed by atoms with Gasteiger partial charge in [0.15, 0.2) is 11.3 Å². The number of carbonyl (C=O) groups is 1. The van der Waals surface area contributed by atoms with Crippen LogP contribution in [-0.4, -0.2) is 67.6 Å². The van der Waals surface area contributed by atoms with E-state index in [9.17, 15) is 44.3 Å². The zero-order chi connectivity index (χ0) is 32.5. The third-order valence-corrected chi connectivity index (χ3v) is 9.78. The van der Waals surface area contributed by atoms with E-state index in [-0.39, 0.29) is 36.7 Å². The zero-order valence-electron chi connectivity index (χ0n) is 22.3. The van der Waals surface area contributed by atoms with E-state index >= 15 is 0 Å². The van der Waals surface area contributed by atoms with E-state index in [0.717, 1.165) is 23.2 Å². The fourth-order valence-electron chi connectivity index (χ4n) is 3.93. The highest BCUT2D eigenvalue weighted by molar-refractivity contribution is 7.91. The van der Waals surface area contributed by atoms with Crippen LogP contribution in [0.15, 0.2) is 105 Å². The lowest BCUT2D eigenvalue weighted by Gasteiger charge is -2.46. The highest BCUT2D eigenvalue weighted by atomic mass is 32.2. The molecule has 0 unspecified atom stereocenters. The Hall–Kier alpha value is -4.61. The summed E-state index contributed by atoms with van der Waals surface area (Å²) < 4.78 is 100. The molecular formula is C27H23F4N5O6S2. The minimum atomic E-state index is -4.86. The molecule has 44 heavy (non-hydrogen) atoms. The molecule has 3 heterocycles.